The number of ether oxygens (including phenoxy) is 2. The van der Waals surface area contributed by atoms with Gasteiger partial charge in [-0.3, -0.25) is 9.80 Å². The molecule has 3 rings (SSSR count). The van der Waals surface area contributed by atoms with E-state index in [9.17, 15) is 0 Å². The lowest BCUT2D eigenvalue weighted by Gasteiger charge is -2.35. The van der Waals surface area contributed by atoms with Crippen LogP contribution in [0.1, 0.15) is 12.8 Å². The summed E-state index contributed by atoms with van der Waals surface area (Å²) in [5, 5.41) is 4.43. The highest BCUT2D eigenvalue weighted by molar-refractivity contribution is 7.71. The molecule has 0 unspecified atom stereocenters. The number of methoxy groups -OCH3 is 1. The summed E-state index contributed by atoms with van der Waals surface area (Å²) in [6.07, 6.45) is 4.33. The fraction of sp³-hybridized carbons (Fsp3) is 0.875. The Balaban J connectivity index is 1.43. The molecular formula is C16H29N5O2S. The largest absolute Gasteiger partial charge is 0.383 e. The number of piperidine rings is 1. The van der Waals surface area contributed by atoms with Crippen molar-refractivity contribution >= 4 is 12.2 Å². The minimum atomic E-state index is 0.660. The summed E-state index contributed by atoms with van der Waals surface area (Å²) in [5.74, 6) is 0.812. The maximum atomic E-state index is 5.50. The second kappa shape index (κ2) is 9.05. The topological polar surface area (TPSA) is 47.7 Å². The van der Waals surface area contributed by atoms with Crippen molar-refractivity contribution < 1.29 is 9.47 Å². The molecule has 0 aromatic carbocycles. The fourth-order valence-corrected chi connectivity index (χ4v) is 3.70. The summed E-state index contributed by atoms with van der Waals surface area (Å²) in [6.45, 7) is 9.66. The number of nitrogens with zero attached hydrogens (tertiary/aromatic N) is 5. The van der Waals surface area contributed by atoms with Gasteiger partial charge in [0, 0.05) is 46.4 Å². The molecule has 8 heteroatoms. The maximum Gasteiger partial charge on any atom is 0.198 e. The van der Waals surface area contributed by atoms with Crippen LogP contribution in [0.2, 0.25) is 0 Å². The van der Waals surface area contributed by atoms with E-state index in [0.717, 1.165) is 63.3 Å². The monoisotopic (exact) mass is 355 g/mol. The third-order valence-corrected chi connectivity index (χ3v) is 5.44. The number of rotatable bonds is 7. The highest BCUT2D eigenvalue weighted by atomic mass is 32.1. The first-order valence-corrected chi connectivity index (χ1v) is 9.30. The molecule has 0 amide bonds. The molecule has 24 heavy (non-hydrogen) atoms. The number of hydrogen-bond acceptors (Lipinski definition) is 6. The molecule has 0 saturated carbocycles. The van der Waals surface area contributed by atoms with Crippen LogP contribution in [0.25, 0.3) is 0 Å². The minimum Gasteiger partial charge on any atom is -0.383 e. The van der Waals surface area contributed by atoms with Crippen LogP contribution in [0.15, 0.2) is 6.33 Å². The number of aromatic nitrogens is 3. The molecule has 2 saturated heterocycles. The Morgan fingerprint density at radius 2 is 1.96 bits per heavy atom. The van der Waals surface area contributed by atoms with Crippen molar-refractivity contribution in [3.8, 4) is 0 Å². The molecule has 0 radical (unpaired) electrons. The highest BCUT2D eigenvalue weighted by Crippen LogP contribution is 2.19. The van der Waals surface area contributed by atoms with E-state index in [-0.39, 0.29) is 0 Å². The Morgan fingerprint density at radius 3 is 2.67 bits per heavy atom. The summed E-state index contributed by atoms with van der Waals surface area (Å²) in [6, 6.07) is 0. The average molecular weight is 356 g/mol. The molecule has 7 nitrogen and oxygen atoms in total. The van der Waals surface area contributed by atoms with Gasteiger partial charge in [-0.2, -0.15) is 5.10 Å². The van der Waals surface area contributed by atoms with Gasteiger partial charge in [-0.1, -0.05) is 0 Å². The molecular weight excluding hydrogens is 326 g/mol. The van der Waals surface area contributed by atoms with Crippen LogP contribution in [0, 0.1) is 10.7 Å². The zero-order valence-corrected chi connectivity index (χ0v) is 15.4. The van der Waals surface area contributed by atoms with E-state index in [2.05, 4.69) is 14.9 Å². The Hall–Kier alpha value is -0.800. The first-order valence-electron chi connectivity index (χ1n) is 8.90. The van der Waals surface area contributed by atoms with Crippen LogP contribution in [0.4, 0.5) is 0 Å². The van der Waals surface area contributed by atoms with Gasteiger partial charge in [0.1, 0.15) is 6.33 Å². The van der Waals surface area contributed by atoms with E-state index in [1.165, 1.54) is 19.4 Å². The molecule has 2 aliphatic rings. The summed E-state index contributed by atoms with van der Waals surface area (Å²) >= 11 is 5.50. The number of likely N-dealkylation sites (tertiary alicyclic amines) is 1. The van der Waals surface area contributed by atoms with E-state index >= 15 is 0 Å². The molecule has 2 fully saturated rings. The van der Waals surface area contributed by atoms with Gasteiger partial charge in [0.2, 0.25) is 0 Å². The van der Waals surface area contributed by atoms with Crippen molar-refractivity contribution in [1.29, 1.82) is 0 Å². The summed E-state index contributed by atoms with van der Waals surface area (Å²) in [4.78, 5) is 5.01. The van der Waals surface area contributed by atoms with Crippen molar-refractivity contribution in [3.05, 3.63) is 11.1 Å². The second-order valence-electron chi connectivity index (χ2n) is 6.72. The van der Waals surface area contributed by atoms with Crippen molar-refractivity contribution in [1.82, 2.24) is 24.1 Å². The second-order valence-corrected chi connectivity index (χ2v) is 7.08. The van der Waals surface area contributed by atoms with Gasteiger partial charge in [-0.15, -0.1) is 0 Å². The molecule has 136 valence electrons. The minimum absolute atomic E-state index is 0.660. The molecule has 2 aliphatic heterocycles. The van der Waals surface area contributed by atoms with Gasteiger partial charge in [0.25, 0.3) is 0 Å². The van der Waals surface area contributed by atoms with Crippen molar-refractivity contribution in [2.45, 2.75) is 26.1 Å². The molecule has 0 aliphatic carbocycles. The van der Waals surface area contributed by atoms with Crippen molar-refractivity contribution in [2.75, 3.05) is 59.7 Å². The van der Waals surface area contributed by atoms with Gasteiger partial charge in [-0.05, 0) is 31.0 Å². The van der Waals surface area contributed by atoms with Crippen LogP contribution in [-0.2, 0) is 22.7 Å². The third kappa shape index (κ3) is 4.86. The zero-order chi connectivity index (χ0) is 16.8. The Bertz CT molecular complexity index is 547. The lowest BCUT2D eigenvalue weighted by atomic mass is 9.96. The van der Waals surface area contributed by atoms with Gasteiger partial charge < -0.3 is 14.0 Å². The van der Waals surface area contributed by atoms with Gasteiger partial charge in [-0.25, -0.2) is 4.68 Å². The van der Waals surface area contributed by atoms with Crippen LogP contribution >= 0.6 is 12.2 Å². The molecule has 1 aromatic heterocycles. The molecule has 3 heterocycles. The van der Waals surface area contributed by atoms with E-state index in [1.807, 2.05) is 15.6 Å². The third-order valence-electron chi connectivity index (χ3n) is 4.99. The van der Waals surface area contributed by atoms with Crippen LogP contribution < -0.4 is 0 Å². The highest BCUT2D eigenvalue weighted by Gasteiger charge is 2.22. The Morgan fingerprint density at radius 1 is 1.21 bits per heavy atom. The molecule has 1 aromatic rings. The van der Waals surface area contributed by atoms with Crippen molar-refractivity contribution in [2.24, 2.45) is 5.92 Å². The van der Waals surface area contributed by atoms with E-state index in [0.29, 0.717) is 6.61 Å². The normalized spacial score (nSPS) is 21.4. The predicted molar refractivity (Wildman–Crippen MR) is 94.5 cm³/mol. The standard InChI is InChI=1S/C16H29N5O2S/c1-22-9-8-20-13-17-21(16(20)24)14-19-4-2-15(3-5-19)12-18-6-10-23-11-7-18/h13,15H,2-12,14H2,1H3. The predicted octanol–water partition coefficient (Wildman–Crippen LogP) is 1.06. The van der Waals surface area contributed by atoms with Crippen molar-refractivity contribution in [3.63, 3.8) is 0 Å². The van der Waals surface area contributed by atoms with Crippen LogP contribution in [0.3, 0.4) is 0 Å². The average Bonchev–Trinajstić information content (AvgIpc) is 2.96. The summed E-state index contributed by atoms with van der Waals surface area (Å²) in [5.41, 5.74) is 0. The summed E-state index contributed by atoms with van der Waals surface area (Å²) < 4.78 is 15.2. The van der Waals surface area contributed by atoms with Gasteiger partial charge in [0.05, 0.1) is 26.5 Å². The zero-order valence-electron chi connectivity index (χ0n) is 14.6. The Kier molecular flexibility index (Phi) is 6.79. The first kappa shape index (κ1) is 18.0. The fourth-order valence-electron chi connectivity index (χ4n) is 3.46. The smallest absolute Gasteiger partial charge is 0.198 e. The lowest BCUT2D eigenvalue weighted by Crippen LogP contribution is -2.43. The first-order chi connectivity index (χ1) is 11.8. The van der Waals surface area contributed by atoms with E-state index < -0.39 is 0 Å². The number of morpholine rings is 1. The van der Waals surface area contributed by atoms with Gasteiger partial charge >= 0.3 is 0 Å². The Labute approximate surface area is 149 Å². The van der Waals surface area contributed by atoms with Crippen LogP contribution in [0.5, 0.6) is 0 Å². The SMILES string of the molecule is COCCn1cnn(CN2CCC(CN3CCOCC3)CC2)c1=S. The molecule has 0 N–H and O–H groups in total. The van der Waals surface area contributed by atoms with E-state index in [4.69, 9.17) is 21.7 Å². The molecule has 0 bridgehead atoms. The lowest BCUT2D eigenvalue weighted by molar-refractivity contribution is 0.0228. The maximum absolute atomic E-state index is 5.50. The van der Waals surface area contributed by atoms with Gasteiger partial charge in [0.15, 0.2) is 4.77 Å². The quantitative estimate of drug-likeness (QED) is 0.682. The summed E-state index contributed by atoms with van der Waals surface area (Å²) in [7, 11) is 1.70. The van der Waals surface area contributed by atoms with Crippen LogP contribution in [-0.4, -0.2) is 83.8 Å². The van der Waals surface area contributed by atoms with E-state index in [1.54, 1.807) is 7.11 Å². The molecule has 0 atom stereocenters. The number of hydrogen-bond donors (Lipinski definition) is 0. The molecule has 0 spiro atoms.